The summed E-state index contributed by atoms with van der Waals surface area (Å²) in [6, 6.07) is -3.41. The Morgan fingerprint density at radius 2 is 2.19 bits per heavy atom. The third kappa shape index (κ3) is 3.86. The summed E-state index contributed by atoms with van der Waals surface area (Å²) in [6.45, 7) is 0.582. The zero-order chi connectivity index (χ0) is 27.7. The Labute approximate surface area is 175 Å². The number of benzene rings is 1. The minimum absolute atomic E-state index is 0.176. The number of sulfonamides is 1. The fourth-order valence-corrected chi connectivity index (χ4v) is 3.15. The lowest BCUT2D eigenvalue weighted by atomic mass is 10.00. The van der Waals surface area contributed by atoms with Crippen LogP contribution in [-0.4, -0.2) is 29.9 Å². The van der Waals surface area contributed by atoms with Crippen molar-refractivity contribution in [3.05, 3.63) is 57.7 Å². The molecule has 0 spiro atoms. The quantitative estimate of drug-likeness (QED) is 0.538. The van der Waals surface area contributed by atoms with Gasteiger partial charge in [0.05, 0.1) is 29.4 Å². The van der Waals surface area contributed by atoms with Gasteiger partial charge in [-0.3, -0.25) is 9.52 Å². The van der Waals surface area contributed by atoms with Gasteiger partial charge < -0.3 is 4.98 Å². The number of hydrogen-bond donors (Lipinski definition) is 2. The molecule has 0 fully saturated rings. The van der Waals surface area contributed by atoms with Crippen molar-refractivity contribution in [2.45, 2.75) is 13.3 Å². The number of ketones is 1. The van der Waals surface area contributed by atoms with Gasteiger partial charge in [0.2, 0.25) is 15.8 Å². The first kappa shape index (κ1) is 10.9. The molecule has 0 amide bonds. The van der Waals surface area contributed by atoms with E-state index in [-0.39, 0.29) is 16.5 Å². The van der Waals surface area contributed by atoms with Crippen molar-refractivity contribution in [3.63, 3.8) is 0 Å². The maximum atomic E-state index is 15.4. The zero-order valence-electron chi connectivity index (χ0n) is 22.2. The Morgan fingerprint density at radius 1 is 1.44 bits per heavy atom. The zero-order valence-corrected chi connectivity index (χ0v) is 15.6. The number of nitrogens with zero attached hydrogens (tertiary/aromatic N) is 1. The first-order valence-electron chi connectivity index (χ1n) is 11.5. The van der Waals surface area contributed by atoms with Gasteiger partial charge >= 0.3 is 0 Å². The first-order valence-corrected chi connectivity index (χ1v) is 9.24. The number of anilines is 1. The Balaban J connectivity index is 2.29. The standard InChI is InChI=1S/C17H14BrF2N3O3S/c1-2-5-27(25,26)23-13-4-3-12(19)14(15(13)20)16(24)11-8-22-17-10(11)6-9(18)7-21-17/h3-4,6-8,23H,2,5H2,1H3,(H,21,22)/i2D2,3D,4D,5D2,6D,7D,8D. The van der Waals surface area contributed by atoms with Crippen LogP contribution >= 0.6 is 15.9 Å². The number of rotatable bonds is 6. The average molecular weight is 467 g/mol. The molecule has 0 saturated heterocycles. The van der Waals surface area contributed by atoms with Crippen LogP contribution in [0.1, 0.15) is 41.6 Å². The van der Waals surface area contributed by atoms with Crippen LogP contribution in [0.4, 0.5) is 14.5 Å². The molecule has 0 unspecified atom stereocenters. The van der Waals surface area contributed by atoms with Crippen LogP contribution < -0.4 is 4.72 Å². The molecule has 27 heavy (non-hydrogen) atoms. The molecule has 1 aromatic rings. The summed E-state index contributed by atoms with van der Waals surface area (Å²) >= 11 is 2.93. The van der Waals surface area contributed by atoms with Gasteiger partial charge in [-0.25, -0.2) is 22.2 Å². The van der Waals surface area contributed by atoms with E-state index >= 15 is 4.39 Å². The third-order valence-corrected chi connectivity index (χ3v) is 4.52. The van der Waals surface area contributed by atoms with Crippen molar-refractivity contribution >= 4 is 37.4 Å². The van der Waals surface area contributed by atoms with E-state index in [4.69, 9.17) is 12.3 Å². The lowest BCUT2D eigenvalue weighted by Crippen LogP contribution is -2.18. The van der Waals surface area contributed by atoms with Crippen LogP contribution in [0.25, 0.3) is 11.4 Å². The first-order chi connectivity index (χ1) is 16.3. The van der Waals surface area contributed by atoms with Gasteiger partial charge in [-0.15, -0.1) is 0 Å². The molecule has 2 aliphatic heterocycles. The number of aromatic amines is 1. The monoisotopic (exact) mass is 466 g/mol. The number of fused-ring (bicyclic) bond motifs is 1. The smallest absolute Gasteiger partial charge is 0.232 e. The minimum atomic E-state index is -5.48. The fraction of sp³-hybridized carbons (Fsp3) is 0.176. The van der Waals surface area contributed by atoms with Crippen LogP contribution in [-0.2, 0) is 10.0 Å². The molecule has 2 aliphatic rings. The van der Waals surface area contributed by atoms with Crippen LogP contribution in [0, 0.1) is 11.6 Å². The highest BCUT2D eigenvalue weighted by Gasteiger charge is 2.27. The van der Waals surface area contributed by atoms with E-state index in [9.17, 15) is 17.6 Å². The van der Waals surface area contributed by atoms with Crippen LogP contribution in [0.3, 0.4) is 0 Å². The predicted octanol–water partition coefficient (Wildman–Crippen LogP) is 3.94. The summed E-state index contributed by atoms with van der Waals surface area (Å²) in [7, 11) is -5.48. The molecule has 142 valence electrons. The molecule has 2 heterocycles. The maximum Gasteiger partial charge on any atom is 0.232 e. The molecule has 0 aliphatic carbocycles. The van der Waals surface area contributed by atoms with Crippen molar-refractivity contribution in [3.8, 4) is 11.4 Å². The fourth-order valence-electron chi connectivity index (χ4n) is 2.12. The van der Waals surface area contributed by atoms with E-state index in [1.807, 2.05) is 0 Å². The van der Waals surface area contributed by atoms with Crippen molar-refractivity contribution in [2.24, 2.45) is 0 Å². The molecule has 6 nitrogen and oxygen atoms in total. The number of aromatic nitrogens is 2. The van der Waals surface area contributed by atoms with E-state index in [0.717, 1.165) is 0 Å². The van der Waals surface area contributed by atoms with E-state index in [2.05, 4.69) is 25.9 Å². The summed E-state index contributed by atoms with van der Waals surface area (Å²) in [4.78, 5) is 19.3. The van der Waals surface area contributed by atoms with Gasteiger partial charge in [0.25, 0.3) is 0 Å². The second-order valence-electron chi connectivity index (χ2n) is 4.93. The number of H-pyrrole nitrogens is 1. The number of hydrogen-bond acceptors (Lipinski definition) is 4. The molecule has 1 aromatic carbocycles. The van der Waals surface area contributed by atoms with Gasteiger partial charge in [-0.1, -0.05) is 6.92 Å². The largest absolute Gasteiger partial charge is 0.345 e. The van der Waals surface area contributed by atoms with E-state index in [1.54, 1.807) is 0 Å². The summed E-state index contributed by atoms with van der Waals surface area (Å²) < 4.78 is 126. The van der Waals surface area contributed by atoms with Gasteiger partial charge in [0.15, 0.2) is 5.82 Å². The molecule has 0 aromatic heterocycles. The second-order valence-corrected chi connectivity index (χ2v) is 7.13. The predicted molar refractivity (Wildman–Crippen MR) is 100 cm³/mol. The van der Waals surface area contributed by atoms with Crippen molar-refractivity contribution < 1.29 is 34.3 Å². The van der Waals surface area contributed by atoms with Crippen molar-refractivity contribution in [1.29, 1.82) is 0 Å². The maximum absolute atomic E-state index is 15.4. The highest BCUT2D eigenvalue weighted by Crippen LogP contribution is 2.31. The molecule has 0 radical (unpaired) electrons. The third-order valence-electron chi connectivity index (χ3n) is 3.17. The number of nitrogens with one attached hydrogen (secondary N) is 2. The molecule has 0 atom stereocenters. The van der Waals surface area contributed by atoms with Gasteiger partial charge in [-0.2, -0.15) is 0 Å². The van der Waals surface area contributed by atoms with Crippen LogP contribution in [0.15, 0.2) is 34.9 Å². The number of carbonyl (C=O) groups excluding carboxylic acids is 1. The second kappa shape index (κ2) is 7.35. The highest BCUT2D eigenvalue weighted by atomic mass is 79.9. The Morgan fingerprint density at radius 3 is 2.89 bits per heavy atom. The molecule has 10 heteroatoms. The van der Waals surface area contributed by atoms with E-state index in [1.165, 1.54) is 4.72 Å². The van der Waals surface area contributed by atoms with E-state index < -0.39 is 86.2 Å². The number of pyridine rings is 1. The highest BCUT2D eigenvalue weighted by molar-refractivity contribution is 9.10. The Bertz CT molecular complexity index is 1510. The summed E-state index contributed by atoms with van der Waals surface area (Å²) in [5, 5.41) is 0. The van der Waals surface area contributed by atoms with Gasteiger partial charge in [0.1, 0.15) is 11.6 Å². The van der Waals surface area contributed by atoms with Gasteiger partial charge in [0, 0.05) is 27.9 Å². The van der Waals surface area contributed by atoms with Crippen LogP contribution in [0.5, 0.6) is 0 Å². The summed E-state index contributed by atoms with van der Waals surface area (Å²) in [5.41, 5.74) is -8.03. The molecular formula is C17H14BrF2N3O3S. The summed E-state index contributed by atoms with van der Waals surface area (Å²) in [5.74, 6) is -5.90. The van der Waals surface area contributed by atoms with E-state index in [0.29, 0.717) is 6.92 Å². The molecule has 2 N–H and O–H groups in total. The van der Waals surface area contributed by atoms with Gasteiger partial charge in [-0.05, 0) is 40.4 Å². The average Bonchev–Trinajstić information content (AvgIpc) is 3.08. The number of halogens is 3. The normalized spacial score (nSPS) is 17.6. The number of carbonyl (C=O) groups is 1. The summed E-state index contributed by atoms with van der Waals surface area (Å²) in [6.07, 6.45) is -4.25. The lowest BCUT2D eigenvalue weighted by Gasteiger charge is -2.11. The van der Waals surface area contributed by atoms with Crippen molar-refractivity contribution in [1.82, 2.24) is 9.97 Å². The molecular weight excluding hydrogens is 444 g/mol. The topological polar surface area (TPSA) is 91.9 Å². The molecule has 0 saturated carbocycles. The SMILES string of the molecule is [2H]c1nc2[nH]c([2H])c(Br)c([2H])c-2c1C(=O)c1c(F)c([2H])c([2H])c(NS(=O)(=O)C([2H])([2H])C([2H])([2H])C)c1F. The minimum Gasteiger partial charge on any atom is -0.345 e. The molecule has 3 rings (SSSR count). The van der Waals surface area contributed by atoms with Crippen LogP contribution in [0.2, 0.25) is 0 Å². The lowest BCUT2D eigenvalue weighted by molar-refractivity contribution is 0.103. The Kier molecular flexibility index (Phi) is 2.96. The van der Waals surface area contributed by atoms with Crippen molar-refractivity contribution in [2.75, 3.05) is 10.4 Å². The molecule has 0 bridgehead atoms. The Hall–Kier alpha value is -2.33.